The van der Waals surface area contributed by atoms with E-state index in [0.29, 0.717) is 4.88 Å². The molecule has 1 aromatic carbocycles. The second-order valence-electron chi connectivity index (χ2n) is 4.96. The fourth-order valence-electron chi connectivity index (χ4n) is 2.23. The van der Waals surface area contributed by atoms with Crippen LogP contribution in [-0.2, 0) is 0 Å². The minimum absolute atomic E-state index is 0.0713. The van der Waals surface area contributed by atoms with Crippen molar-refractivity contribution in [2.45, 2.75) is 18.9 Å². The molecule has 1 fully saturated rings. The summed E-state index contributed by atoms with van der Waals surface area (Å²) in [6, 6.07) is 9.34. The van der Waals surface area contributed by atoms with Gasteiger partial charge in [-0.25, -0.2) is 0 Å². The summed E-state index contributed by atoms with van der Waals surface area (Å²) in [7, 11) is 0. The molecule has 1 aliphatic carbocycles. The van der Waals surface area contributed by atoms with Crippen LogP contribution in [0.1, 0.15) is 22.5 Å². The van der Waals surface area contributed by atoms with E-state index in [4.69, 9.17) is 10.9 Å². The molecule has 0 saturated heterocycles. The van der Waals surface area contributed by atoms with Crippen molar-refractivity contribution in [3.05, 3.63) is 35.2 Å². The van der Waals surface area contributed by atoms with Crippen LogP contribution in [0.25, 0.3) is 10.1 Å². The molecule has 0 aliphatic heterocycles. The van der Waals surface area contributed by atoms with Gasteiger partial charge in [0, 0.05) is 4.70 Å². The average molecular weight is 289 g/mol. The summed E-state index contributed by atoms with van der Waals surface area (Å²) >= 11 is 1.44. The zero-order chi connectivity index (χ0) is 14.1. The van der Waals surface area contributed by atoms with Crippen molar-refractivity contribution >= 4 is 33.2 Å². The number of thiophene rings is 1. The van der Waals surface area contributed by atoms with E-state index in [9.17, 15) is 4.79 Å². The largest absolute Gasteiger partial charge is 0.409 e. The first kappa shape index (κ1) is 12.9. The highest BCUT2D eigenvalue weighted by molar-refractivity contribution is 7.20. The van der Waals surface area contributed by atoms with Crippen LogP contribution in [-0.4, -0.2) is 23.0 Å². The van der Waals surface area contributed by atoms with Gasteiger partial charge in [-0.3, -0.25) is 4.79 Å². The van der Waals surface area contributed by atoms with Gasteiger partial charge in [0.25, 0.3) is 5.91 Å². The van der Waals surface area contributed by atoms with Crippen LogP contribution >= 0.6 is 11.3 Å². The number of carbonyl (C=O) groups excluding carboxylic acids is 1. The smallest absolute Gasteiger partial charge is 0.261 e. The van der Waals surface area contributed by atoms with Crippen LogP contribution in [0.4, 0.5) is 0 Å². The molecule has 1 amide bonds. The zero-order valence-electron chi connectivity index (χ0n) is 10.7. The molecular weight excluding hydrogens is 274 g/mol. The lowest BCUT2D eigenvalue weighted by atomic mass is 10.1. The van der Waals surface area contributed by atoms with Crippen LogP contribution in [0, 0.1) is 5.92 Å². The average Bonchev–Trinajstić information content (AvgIpc) is 3.21. The topological polar surface area (TPSA) is 87.7 Å². The molecule has 5 nitrogen and oxygen atoms in total. The molecule has 1 aliphatic rings. The van der Waals surface area contributed by atoms with Crippen LogP contribution < -0.4 is 11.1 Å². The van der Waals surface area contributed by atoms with Crippen LogP contribution in [0.5, 0.6) is 0 Å². The number of amides is 1. The number of amidine groups is 1. The second-order valence-corrected chi connectivity index (χ2v) is 6.05. The molecule has 0 spiro atoms. The maximum Gasteiger partial charge on any atom is 0.261 e. The van der Waals surface area contributed by atoms with E-state index in [0.717, 1.165) is 22.9 Å². The van der Waals surface area contributed by atoms with E-state index in [1.807, 2.05) is 30.3 Å². The van der Waals surface area contributed by atoms with E-state index >= 15 is 0 Å². The third-order valence-corrected chi connectivity index (χ3v) is 4.58. The summed E-state index contributed by atoms with van der Waals surface area (Å²) in [6.07, 6.45) is 1.99. The maximum atomic E-state index is 12.3. The summed E-state index contributed by atoms with van der Waals surface area (Å²) in [5.41, 5.74) is 5.65. The van der Waals surface area contributed by atoms with Crippen molar-refractivity contribution < 1.29 is 10.0 Å². The number of nitrogens with two attached hydrogens (primary N) is 1. The Labute approximate surface area is 120 Å². The number of carbonyl (C=O) groups is 1. The number of oxime groups is 1. The predicted octanol–water partition coefficient (Wildman–Crippen LogP) is 2.16. The molecule has 2 aromatic rings. The molecule has 1 unspecified atom stereocenters. The molecule has 1 saturated carbocycles. The minimum atomic E-state index is -0.377. The molecule has 6 heteroatoms. The first-order chi connectivity index (χ1) is 9.69. The van der Waals surface area contributed by atoms with Gasteiger partial charge >= 0.3 is 0 Å². The second kappa shape index (κ2) is 5.13. The normalized spacial score (nSPS) is 17.1. The van der Waals surface area contributed by atoms with Gasteiger partial charge in [-0.05, 0) is 36.3 Å². The lowest BCUT2D eigenvalue weighted by molar-refractivity contribution is 0.0947. The SMILES string of the molecule is NC(=NO)C(NC(=O)c1cc2ccccc2s1)C1CC1. The van der Waals surface area contributed by atoms with Crippen molar-refractivity contribution in [2.24, 2.45) is 16.8 Å². The first-order valence-electron chi connectivity index (χ1n) is 6.46. The zero-order valence-corrected chi connectivity index (χ0v) is 11.6. The fourth-order valence-corrected chi connectivity index (χ4v) is 3.20. The Morgan fingerprint density at radius 3 is 2.85 bits per heavy atom. The van der Waals surface area contributed by atoms with E-state index in [-0.39, 0.29) is 23.7 Å². The van der Waals surface area contributed by atoms with Gasteiger partial charge in [-0.2, -0.15) is 0 Å². The first-order valence-corrected chi connectivity index (χ1v) is 7.27. The number of benzene rings is 1. The summed E-state index contributed by atoms with van der Waals surface area (Å²) in [6.45, 7) is 0. The minimum Gasteiger partial charge on any atom is -0.409 e. The highest BCUT2D eigenvalue weighted by Gasteiger charge is 2.35. The number of fused-ring (bicyclic) bond motifs is 1. The monoisotopic (exact) mass is 289 g/mol. The standard InChI is InChI=1S/C14H15N3O2S/c15-13(17-19)12(8-5-6-8)16-14(18)11-7-9-3-1-2-4-10(9)20-11/h1-4,7-8,12,19H,5-6H2,(H2,15,17)(H,16,18). The molecule has 1 heterocycles. The molecule has 0 radical (unpaired) electrons. The van der Waals surface area contributed by atoms with E-state index in [1.165, 1.54) is 11.3 Å². The maximum absolute atomic E-state index is 12.3. The van der Waals surface area contributed by atoms with E-state index < -0.39 is 0 Å². The number of nitrogens with zero attached hydrogens (tertiary/aromatic N) is 1. The number of hydrogen-bond donors (Lipinski definition) is 3. The van der Waals surface area contributed by atoms with Crippen LogP contribution in [0.2, 0.25) is 0 Å². The Hall–Kier alpha value is -2.08. The fraction of sp³-hybridized carbons (Fsp3) is 0.286. The quantitative estimate of drug-likeness (QED) is 0.349. The Balaban J connectivity index is 1.81. The third kappa shape index (κ3) is 2.46. The summed E-state index contributed by atoms with van der Waals surface area (Å²) in [5, 5.41) is 15.7. The van der Waals surface area contributed by atoms with Crippen molar-refractivity contribution in [1.29, 1.82) is 0 Å². The molecule has 1 aromatic heterocycles. The van der Waals surface area contributed by atoms with Gasteiger partial charge in [0.2, 0.25) is 0 Å². The molecule has 0 bridgehead atoms. The Bertz CT molecular complexity index is 643. The van der Waals surface area contributed by atoms with Crippen molar-refractivity contribution in [3.63, 3.8) is 0 Å². The third-order valence-electron chi connectivity index (χ3n) is 3.46. The highest BCUT2D eigenvalue weighted by atomic mass is 32.1. The Morgan fingerprint density at radius 2 is 2.20 bits per heavy atom. The van der Waals surface area contributed by atoms with Gasteiger partial charge in [-0.1, -0.05) is 23.4 Å². The highest BCUT2D eigenvalue weighted by Crippen LogP contribution is 2.33. The van der Waals surface area contributed by atoms with Gasteiger partial charge in [-0.15, -0.1) is 11.3 Å². The summed E-state index contributed by atoms with van der Waals surface area (Å²) in [4.78, 5) is 12.9. The van der Waals surface area contributed by atoms with Gasteiger partial charge in [0.05, 0.1) is 10.9 Å². The summed E-state index contributed by atoms with van der Waals surface area (Å²) in [5.74, 6) is 0.181. The molecular formula is C14H15N3O2S. The van der Waals surface area contributed by atoms with Crippen molar-refractivity contribution in [3.8, 4) is 0 Å². The van der Waals surface area contributed by atoms with E-state index in [1.54, 1.807) is 0 Å². The Kier molecular flexibility index (Phi) is 3.31. The van der Waals surface area contributed by atoms with E-state index in [2.05, 4.69) is 10.5 Å². The molecule has 104 valence electrons. The van der Waals surface area contributed by atoms with Crippen LogP contribution in [0.3, 0.4) is 0 Å². The van der Waals surface area contributed by atoms with Gasteiger partial charge in [0.1, 0.15) is 0 Å². The number of nitrogens with one attached hydrogen (secondary N) is 1. The summed E-state index contributed by atoms with van der Waals surface area (Å²) < 4.78 is 1.07. The van der Waals surface area contributed by atoms with Gasteiger partial charge < -0.3 is 16.3 Å². The molecule has 1 atom stereocenters. The number of hydrogen-bond acceptors (Lipinski definition) is 4. The van der Waals surface area contributed by atoms with Crippen LogP contribution in [0.15, 0.2) is 35.5 Å². The van der Waals surface area contributed by atoms with Crippen molar-refractivity contribution in [1.82, 2.24) is 5.32 Å². The lowest BCUT2D eigenvalue weighted by Crippen LogP contribution is -2.45. The molecule has 20 heavy (non-hydrogen) atoms. The predicted molar refractivity (Wildman–Crippen MR) is 79.2 cm³/mol. The molecule has 3 rings (SSSR count). The Morgan fingerprint density at radius 1 is 1.45 bits per heavy atom. The lowest BCUT2D eigenvalue weighted by Gasteiger charge is -2.15. The number of rotatable bonds is 4. The van der Waals surface area contributed by atoms with Gasteiger partial charge in [0.15, 0.2) is 5.84 Å². The molecule has 4 N–H and O–H groups in total. The van der Waals surface area contributed by atoms with Crippen molar-refractivity contribution in [2.75, 3.05) is 0 Å².